The maximum atomic E-state index is 14.3. The second kappa shape index (κ2) is 8.67. The molecule has 2 aromatic heterocycles. The SMILES string of the molecule is COc1ccc(-c2ccc(=O)n(CC(=O)Nc3nnc(C4CCCO4)s3)n2)c(F)c1. The number of halogens is 1. The summed E-state index contributed by atoms with van der Waals surface area (Å²) < 4.78 is 25.8. The van der Waals surface area contributed by atoms with E-state index >= 15 is 0 Å². The Labute approximate surface area is 174 Å². The molecule has 3 heterocycles. The monoisotopic (exact) mass is 431 g/mol. The number of anilines is 1. The van der Waals surface area contributed by atoms with E-state index in [1.807, 2.05) is 0 Å². The molecule has 30 heavy (non-hydrogen) atoms. The van der Waals surface area contributed by atoms with Crippen LogP contribution in [-0.4, -0.2) is 39.6 Å². The fraction of sp³-hybridized carbons (Fsp3) is 0.316. The van der Waals surface area contributed by atoms with Gasteiger partial charge in [0.15, 0.2) is 0 Å². The van der Waals surface area contributed by atoms with Gasteiger partial charge < -0.3 is 9.47 Å². The lowest BCUT2D eigenvalue weighted by Gasteiger charge is -2.08. The van der Waals surface area contributed by atoms with Gasteiger partial charge in [0.1, 0.15) is 29.2 Å². The van der Waals surface area contributed by atoms with Crippen LogP contribution in [0.15, 0.2) is 35.1 Å². The van der Waals surface area contributed by atoms with Crippen molar-refractivity contribution in [1.82, 2.24) is 20.0 Å². The van der Waals surface area contributed by atoms with Crippen molar-refractivity contribution >= 4 is 22.4 Å². The van der Waals surface area contributed by atoms with E-state index in [0.29, 0.717) is 22.5 Å². The van der Waals surface area contributed by atoms with Crippen LogP contribution in [0.5, 0.6) is 5.75 Å². The Bertz CT molecular complexity index is 1130. The first kappa shape index (κ1) is 20.1. The Kier molecular flexibility index (Phi) is 5.81. The van der Waals surface area contributed by atoms with Crippen LogP contribution in [0.25, 0.3) is 11.3 Å². The van der Waals surface area contributed by atoms with Crippen LogP contribution in [0.2, 0.25) is 0 Å². The van der Waals surface area contributed by atoms with Crippen LogP contribution in [0.4, 0.5) is 9.52 Å². The van der Waals surface area contributed by atoms with Gasteiger partial charge in [0.25, 0.3) is 5.56 Å². The van der Waals surface area contributed by atoms with Gasteiger partial charge in [0.2, 0.25) is 11.0 Å². The summed E-state index contributed by atoms with van der Waals surface area (Å²) in [5.41, 5.74) is -0.0745. The fourth-order valence-corrected chi connectivity index (χ4v) is 3.86. The summed E-state index contributed by atoms with van der Waals surface area (Å²) >= 11 is 1.23. The minimum atomic E-state index is -0.549. The smallest absolute Gasteiger partial charge is 0.267 e. The van der Waals surface area contributed by atoms with Gasteiger partial charge in [-0.1, -0.05) is 11.3 Å². The van der Waals surface area contributed by atoms with Crippen molar-refractivity contribution in [2.45, 2.75) is 25.5 Å². The largest absolute Gasteiger partial charge is 0.497 e. The predicted octanol–water partition coefficient (Wildman–Crippen LogP) is 2.40. The zero-order valence-corrected chi connectivity index (χ0v) is 16.8. The Morgan fingerprint density at radius 3 is 2.97 bits per heavy atom. The van der Waals surface area contributed by atoms with Gasteiger partial charge in [0.05, 0.1) is 12.8 Å². The normalized spacial score (nSPS) is 15.9. The molecular formula is C19H18FN5O4S. The van der Waals surface area contributed by atoms with E-state index in [1.165, 1.54) is 42.7 Å². The Morgan fingerprint density at radius 1 is 1.37 bits per heavy atom. The second-order valence-corrected chi connectivity index (χ2v) is 7.56. The number of rotatable bonds is 6. The highest BCUT2D eigenvalue weighted by Gasteiger charge is 2.22. The molecular weight excluding hydrogens is 413 g/mol. The minimum absolute atomic E-state index is 0.0893. The van der Waals surface area contributed by atoms with E-state index in [1.54, 1.807) is 6.07 Å². The van der Waals surface area contributed by atoms with Crippen molar-refractivity contribution in [3.05, 3.63) is 51.5 Å². The zero-order valence-electron chi connectivity index (χ0n) is 16.0. The molecule has 11 heteroatoms. The van der Waals surface area contributed by atoms with Gasteiger partial charge >= 0.3 is 0 Å². The number of methoxy groups -OCH3 is 1. The van der Waals surface area contributed by atoms with Gasteiger partial charge in [-0.2, -0.15) is 5.10 Å². The van der Waals surface area contributed by atoms with Crippen LogP contribution >= 0.6 is 11.3 Å². The molecule has 0 radical (unpaired) electrons. The number of carbonyl (C=O) groups excluding carboxylic acids is 1. The Balaban J connectivity index is 1.48. The van der Waals surface area contributed by atoms with Gasteiger partial charge in [-0.05, 0) is 31.0 Å². The quantitative estimate of drug-likeness (QED) is 0.638. The molecule has 1 amide bonds. The van der Waals surface area contributed by atoms with Crippen LogP contribution in [0.1, 0.15) is 24.0 Å². The zero-order chi connectivity index (χ0) is 21.1. The number of nitrogens with zero attached hydrogens (tertiary/aromatic N) is 4. The first-order chi connectivity index (χ1) is 14.5. The molecule has 1 aliphatic heterocycles. The molecule has 1 unspecified atom stereocenters. The van der Waals surface area contributed by atoms with Gasteiger partial charge in [-0.25, -0.2) is 9.07 Å². The van der Waals surface area contributed by atoms with Gasteiger partial charge in [-0.15, -0.1) is 10.2 Å². The third-order valence-corrected chi connectivity index (χ3v) is 5.44. The number of carbonyl (C=O) groups is 1. The van der Waals surface area contributed by atoms with Crippen LogP contribution in [0, 0.1) is 5.82 Å². The van der Waals surface area contributed by atoms with E-state index in [-0.39, 0.29) is 23.9 Å². The maximum Gasteiger partial charge on any atom is 0.267 e. The first-order valence-electron chi connectivity index (χ1n) is 9.20. The third-order valence-electron chi connectivity index (χ3n) is 4.50. The topological polar surface area (TPSA) is 108 Å². The highest BCUT2D eigenvalue weighted by molar-refractivity contribution is 7.15. The van der Waals surface area contributed by atoms with E-state index in [9.17, 15) is 14.0 Å². The first-order valence-corrected chi connectivity index (χ1v) is 10.0. The van der Waals surface area contributed by atoms with Crippen molar-refractivity contribution in [1.29, 1.82) is 0 Å². The summed E-state index contributed by atoms with van der Waals surface area (Å²) in [7, 11) is 1.44. The molecule has 9 nitrogen and oxygen atoms in total. The summed E-state index contributed by atoms with van der Waals surface area (Å²) in [6, 6.07) is 6.95. The summed E-state index contributed by atoms with van der Waals surface area (Å²) in [6.07, 6.45) is 1.75. The van der Waals surface area contributed by atoms with E-state index in [2.05, 4.69) is 20.6 Å². The molecule has 0 spiro atoms. The van der Waals surface area contributed by atoms with Crippen LogP contribution in [0.3, 0.4) is 0 Å². The summed E-state index contributed by atoms with van der Waals surface area (Å²) in [5.74, 6) is -0.678. The molecule has 1 N–H and O–H groups in total. The average molecular weight is 431 g/mol. The highest BCUT2D eigenvalue weighted by atomic mass is 32.1. The summed E-state index contributed by atoms with van der Waals surface area (Å²) in [6.45, 7) is 0.338. The number of nitrogens with one attached hydrogen (secondary N) is 1. The van der Waals surface area contributed by atoms with E-state index in [4.69, 9.17) is 9.47 Å². The number of aromatic nitrogens is 4. The summed E-state index contributed by atoms with van der Waals surface area (Å²) in [4.78, 5) is 24.5. The van der Waals surface area contributed by atoms with Crippen molar-refractivity contribution in [3.8, 4) is 17.0 Å². The van der Waals surface area contributed by atoms with Crippen molar-refractivity contribution in [3.63, 3.8) is 0 Å². The molecule has 0 aliphatic carbocycles. The number of benzene rings is 1. The molecule has 1 saturated heterocycles. The third kappa shape index (κ3) is 4.36. The number of hydrogen-bond acceptors (Lipinski definition) is 8. The predicted molar refractivity (Wildman–Crippen MR) is 107 cm³/mol. The molecule has 156 valence electrons. The van der Waals surface area contributed by atoms with Gasteiger partial charge in [-0.3, -0.25) is 14.9 Å². The molecule has 3 aromatic rings. The molecule has 1 fully saturated rings. The molecule has 0 bridgehead atoms. The van der Waals surface area contributed by atoms with Crippen LogP contribution < -0.4 is 15.6 Å². The lowest BCUT2D eigenvalue weighted by atomic mass is 10.1. The molecule has 4 rings (SSSR count). The molecule has 1 aliphatic rings. The molecule has 0 saturated carbocycles. The van der Waals surface area contributed by atoms with E-state index in [0.717, 1.165) is 17.5 Å². The van der Waals surface area contributed by atoms with E-state index < -0.39 is 17.3 Å². The van der Waals surface area contributed by atoms with Crippen LogP contribution in [-0.2, 0) is 16.1 Å². The highest BCUT2D eigenvalue weighted by Crippen LogP contribution is 2.31. The van der Waals surface area contributed by atoms with Gasteiger partial charge in [0, 0.05) is 24.3 Å². The van der Waals surface area contributed by atoms with Crippen molar-refractivity contribution in [2.75, 3.05) is 19.0 Å². The number of hydrogen-bond donors (Lipinski definition) is 1. The standard InChI is InChI=1S/C19H18FN5O4S/c1-28-11-4-5-12(13(20)9-11)14-6-7-17(27)25(24-14)10-16(26)21-19-23-22-18(30-19)15-3-2-8-29-15/h4-7,9,15H,2-3,8,10H2,1H3,(H,21,23,26). The Morgan fingerprint density at radius 2 is 2.23 bits per heavy atom. The minimum Gasteiger partial charge on any atom is -0.497 e. The average Bonchev–Trinajstić information content (AvgIpc) is 3.41. The Hall–Kier alpha value is -3.18. The van der Waals surface area contributed by atoms with Crippen molar-refractivity contribution in [2.24, 2.45) is 0 Å². The lowest BCUT2D eigenvalue weighted by Crippen LogP contribution is -2.29. The molecule has 1 atom stereocenters. The summed E-state index contributed by atoms with van der Waals surface area (Å²) in [5, 5.41) is 15.7. The second-order valence-electron chi connectivity index (χ2n) is 6.56. The fourth-order valence-electron chi connectivity index (χ4n) is 3.02. The maximum absolute atomic E-state index is 14.3. The molecule has 1 aromatic carbocycles. The lowest BCUT2D eigenvalue weighted by molar-refractivity contribution is -0.117. The number of ether oxygens (including phenoxy) is 2. The number of amides is 1. The van der Waals surface area contributed by atoms with Crippen molar-refractivity contribution < 1.29 is 18.7 Å².